The number of rotatable bonds is 6. The van der Waals surface area contributed by atoms with E-state index in [0.717, 1.165) is 42.5 Å². The van der Waals surface area contributed by atoms with Crippen LogP contribution in [0.2, 0.25) is 0 Å². The van der Waals surface area contributed by atoms with Crippen molar-refractivity contribution in [2.45, 2.75) is 45.6 Å². The standard InChI is InChI=1S/C17H26N6O/c1-4-24-17-21-16-20-14(10(2)3)7-15(23(16)22-17)19-9-12-6-13-5-11(12)8-18-13/h7,10-13,18-19H,4-6,8-9H2,1-3H3/t11?,12-,13?/m0/s1. The lowest BCUT2D eigenvalue weighted by Gasteiger charge is -2.23. The molecule has 2 fully saturated rings. The van der Waals surface area contributed by atoms with Crippen molar-refractivity contribution in [3.8, 4) is 6.01 Å². The van der Waals surface area contributed by atoms with Gasteiger partial charge >= 0.3 is 6.01 Å². The minimum atomic E-state index is 0.342. The van der Waals surface area contributed by atoms with Gasteiger partial charge in [0.25, 0.3) is 5.78 Å². The number of nitrogens with one attached hydrogen (secondary N) is 2. The van der Waals surface area contributed by atoms with Crippen LogP contribution >= 0.6 is 0 Å². The van der Waals surface area contributed by atoms with Gasteiger partial charge in [-0.3, -0.25) is 0 Å². The number of hydrogen-bond donors (Lipinski definition) is 2. The molecule has 7 nitrogen and oxygen atoms in total. The Kier molecular flexibility index (Phi) is 4.04. The van der Waals surface area contributed by atoms with Gasteiger partial charge in [0.05, 0.1) is 12.3 Å². The fraction of sp³-hybridized carbons (Fsp3) is 0.706. The van der Waals surface area contributed by atoms with Gasteiger partial charge in [-0.15, -0.1) is 5.10 Å². The molecule has 0 radical (unpaired) electrons. The van der Waals surface area contributed by atoms with Gasteiger partial charge in [-0.2, -0.15) is 9.50 Å². The first-order valence-electron chi connectivity index (χ1n) is 9.01. The molecule has 4 rings (SSSR count). The Morgan fingerprint density at radius 2 is 2.25 bits per heavy atom. The molecule has 3 atom stereocenters. The van der Waals surface area contributed by atoms with E-state index in [-0.39, 0.29) is 0 Å². The van der Waals surface area contributed by atoms with Crippen molar-refractivity contribution in [1.29, 1.82) is 0 Å². The maximum Gasteiger partial charge on any atom is 0.337 e. The van der Waals surface area contributed by atoms with E-state index in [9.17, 15) is 0 Å². The topological polar surface area (TPSA) is 76.4 Å². The molecule has 1 saturated heterocycles. The predicted octanol–water partition coefficient (Wildman–Crippen LogP) is 2.06. The van der Waals surface area contributed by atoms with Crippen molar-refractivity contribution < 1.29 is 4.74 Å². The fourth-order valence-electron chi connectivity index (χ4n) is 3.91. The van der Waals surface area contributed by atoms with Crippen molar-refractivity contribution in [1.82, 2.24) is 24.9 Å². The number of fused-ring (bicyclic) bond motifs is 3. The highest BCUT2D eigenvalue weighted by atomic mass is 16.5. The van der Waals surface area contributed by atoms with E-state index >= 15 is 0 Å². The predicted molar refractivity (Wildman–Crippen MR) is 92.5 cm³/mol. The minimum absolute atomic E-state index is 0.342. The van der Waals surface area contributed by atoms with Gasteiger partial charge in [0.1, 0.15) is 5.82 Å². The van der Waals surface area contributed by atoms with Gasteiger partial charge in [-0.1, -0.05) is 13.8 Å². The van der Waals surface area contributed by atoms with Crippen LogP contribution in [-0.4, -0.2) is 45.3 Å². The zero-order valence-corrected chi connectivity index (χ0v) is 14.6. The summed E-state index contributed by atoms with van der Waals surface area (Å²) in [5.74, 6) is 3.44. The Labute approximate surface area is 142 Å². The Bertz CT molecular complexity index is 727. The molecule has 1 saturated carbocycles. The molecule has 24 heavy (non-hydrogen) atoms. The van der Waals surface area contributed by atoms with Gasteiger partial charge in [-0.25, -0.2) is 4.98 Å². The number of anilines is 1. The SMILES string of the molecule is CCOc1nc2nc(C(C)C)cc(NC[C@@H]3CC4CC3CN4)n2n1. The normalized spacial score (nSPS) is 25.8. The quantitative estimate of drug-likeness (QED) is 0.844. The molecule has 0 amide bonds. The smallest absolute Gasteiger partial charge is 0.337 e. The molecule has 3 heterocycles. The molecule has 2 aromatic heterocycles. The molecule has 1 aliphatic carbocycles. The highest BCUT2D eigenvalue weighted by Crippen LogP contribution is 2.36. The Hall–Kier alpha value is -1.89. The largest absolute Gasteiger partial charge is 0.463 e. The average molecular weight is 330 g/mol. The van der Waals surface area contributed by atoms with Crippen LogP contribution in [0.25, 0.3) is 5.78 Å². The molecule has 2 N–H and O–H groups in total. The first-order valence-corrected chi connectivity index (χ1v) is 9.01. The zero-order valence-electron chi connectivity index (χ0n) is 14.6. The summed E-state index contributed by atoms with van der Waals surface area (Å²) < 4.78 is 7.21. The molecule has 7 heteroatoms. The summed E-state index contributed by atoms with van der Waals surface area (Å²) in [6.07, 6.45) is 2.59. The van der Waals surface area contributed by atoms with Crippen LogP contribution in [0, 0.1) is 11.8 Å². The third-order valence-electron chi connectivity index (χ3n) is 5.23. The molecular formula is C17H26N6O. The third kappa shape index (κ3) is 2.81. The van der Waals surface area contributed by atoms with Crippen LogP contribution in [0.1, 0.15) is 45.2 Å². The molecule has 2 unspecified atom stereocenters. The van der Waals surface area contributed by atoms with Crippen LogP contribution in [0.5, 0.6) is 6.01 Å². The summed E-state index contributed by atoms with van der Waals surface area (Å²) in [6, 6.07) is 3.20. The van der Waals surface area contributed by atoms with Crippen molar-refractivity contribution in [2.75, 3.05) is 25.0 Å². The van der Waals surface area contributed by atoms with Crippen LogP contribution < -0.4 is 15.4 Å². The van der Waals surface area contributed by atoms with Gasteiger partial charge in [-0.05, 0) is 44.1 Å². The van der Waals surface area contributed by atoms with Crippen molar-refractivity contribution in [3.05, 3.63) is 11.8 Å². The fourth-order valence-corrected chi connectivity index (χ4v) is 3.91. The van der Waals surface area contributed by atoms with Gasteiger partial charge < -0.3 is 15.4 Å². The van der Waals surface area contributed by atoms with Gasteiger partial charge in [0.15, 0.2) is 0 Å². The number of nitrogens with zero attached hydrogens (tertiary/aromatic N) is 4. The van der Waals surface area contributed by atoms with Crippen LogP contribution in [-0.2, 0) is 0 Å². The van der Waals surface area contributed by atoms with E-state index in [4.69, 9.17) is 4.74 Å². The molecule has 130 valence electrons. The maximum absolute atomic E-state index is 5.45. The van der Waals surface area contributed by atoms with E-state index in [2.05, 4.69) is 45.6 Å². The summed E-state index contributed by atoms with van der Waals surface area (Å²) in [5, 5.41) is 11.6. The lowest BCUT2D eigenvalue weighted by molar-refractivity contribution is 0.313. The van der Waals surface area contributed by atoms with Crippen molar-refractivity contribution in [3.63, 3.8) is 0 Å². The van der Waals surface area contributed by atoms with Gasteiger partial charge in [0.2, 0.25) is 0 Å². The van der Waals surface area contributed by atoms with E-state index in [1.807, 2.05) is 6.92 Å². The number of piperidine rings is 1. The Morgan fingerprint density at radius 3 is 2.92 bits per heavy atom. The second kappa shape index (κ2) is 6.20. The van der Waals surface area contributed by atoms with Crippen LogP contribution in [0.3, 0.4) is 0 Å². The Morgan fingerprint density at radius 1 is 1.38 bits per heavy atom. The molecule has 0 aromatic carbocycles. The van der Waals surface area contributed by atoms with Crippen LogP contribution in [0.15, 0.2) is 6.07 Å². The zero-order chi connectivity index (χ0) is 16.7. The molecule has 0 spiro atoms. The summed E-state index contributed by atoms with van der Waals surface area (Å²) in [4.78, 5) is 9.01. The number of aromatic nitrogens is 4. The monoisotopic (exact) mass is 330 g/mol. The molecular weight excluding hydrogens is 304 g/mol. The molecule has 2 bridgehead atoms. The Balaban J connectivity index is 1.59. The first kappa shape index (κ1) is 15.6. The molecule has 2 aromatic rings. The third-order valence-corrected chi connectivity index (χ3v) is 5.23. The molecule has 1 aliphatic heterocycles. The molecule has 2 aliphatic rings. The second-order valence-corrected chi connectivity index (χ2v) is 7.24. The highest BCUT2D eigenvalue weighted by Gasteiger charge is 2.39. The highest BCUT2D eigenvalue weighted by molar-refractivity contribution is 5.46. The van der Waals surface area contributed by atoms with Gasteiger partial charge in [0, 0.05) is 18.7 Å². The first-order chi connectivity index (χ1) is 11.6. The van der Waals surface area contributed by atoms with E-state index in [0.29, 0.717) is 24.3 Å². The second-order valence-electron chi connectivity index (χ2n) is 7.24. The number of ether oxygens (including phenoxy) is 1. The minimum Gasteiger partial charge on any atom is -0.463 e. The lowest BCUT2D eigenvalue weighted by Crippen LogP contribution is -2.33. The van der Waals surface area contributed by atoms with Crippen molar-refractivity contribution in [2.24, 2.45) is 11.8 Å². The number of hydrogen-bond acceptors (Lipinski definition) is 6. The summed E-state index contributed by atoms with van der Waals surface area (Å²) in [7, 11) is 0. The summed E-state index contributed by atoms with van der Waals surface area (Å²) in [5.41, 5.74) is 1.02. The van der Waals surface area contributed by atoms with E-state index in [1.165, 1.54) is 12.8 Å². The average Bonchev–Trinajstić information content (AvgIpc) is 3.27. The summed E-state index contributed by atoms with van der Waals surface area (Å²) in [6.45, 7) is 8.91. The van der Waals surface area contributed by atoms with Crippen molar-refractivity contribution >= 4 is 11.6 Å². The van der Waals surface area contributed by atoms with Crippen LogP contribution in [0.4, 0.5) is 5.82 Å². The maximum atomic E-state index is 5.45. The summed E-state index contributed by atoms with van der Waals surface area (Å²) >= 11 is 0. The van der Waals surface area contributed by atoms with E-state index < -0.39 is 0 Å². The lowest BCUT2D eigenvalue weighted by atomic mass is 9.95. The van der Waals surface area contributed by atoms with E-state index in [1.54, 1.807) is 4.52 Å².